The van der Waals surface area contributed by atoms with Gasteiger partial charge in [0.25, 0.3) is 0 Å². The molecule has 1 aromatic carbocycles. The lowest BCUT2D eigenvalue weighted by Gasteiger charge is -2.15. The minimum atomic E-state index is -0.669. The van der Waals surface area contributed by atoms with Crippen LogP contribution in [0.25, 0.3) is 6.08 Å². The molecule has 2 rings (SSSR count). The maximum Gasteiger partial charge on any atom is 0.335 e. The second-order valence-corrected chi connectivity index (χ2v) is 4.97. The molecule has 0 bridgehead atoms. The summed E-state index contributed by atoms with van der Waals surface area (Å²) < 4.78 is 10.4. The average molecular weight is 288 g/mol. The van der Waals surface area contributed by atoms with Gasteiger partial charge in [-0.3, -0.25) is 4.79 Å². The fourth-order valence-electron chi connectivity index (χ4n) is 2.32. The quantitative estimate of drug-likeness (QED) is 0.755. The van der Waals surface area contributed by atoms with Gasteiger partial charge in [-0.1, -0.05) is 38.1 Å². The second kappa shape index (κ2) is 7.07. The van der Waals surface area contributed by atoms with Crippen LogP contribution in [0.5, 0.6) is 0 Å². The molecule has 0 saturated carbocycles. The van der Waals surface area contributed by atoms with Gasteiger partial charge >= 0.3 is 11.9 Å². The van der Waals surface area contributed by atoms with E-state index in [-0.39, 0.29) is 5.97 Å². The van der Waals surface area contributed by atoms with E-state index in [0.717, 1.165) is 24.0 Å². The Labute approximate surface area is 124 Å². The summed E-state index contributed by atoms with van der Waals surface area (Å²) in [5.74, 6) is -1.50. The van der Waals surface area contributed by atoms with Gasteiger partial charge in [-0.05, 0) is 30.0 Å². The van der Waals surface area contributed by atoms with Crippen molar-refractivity contribution < 1.29 is 19.1 Å². The highest BCUT2D eigenvalue weighted by Gasteiger charge is 2.36. The van der Waals surface area contributed by atoms with Gasteiger partial charge in [0.15, 0.2) is 0 Å². The second-order valence-electron chi connectivity index (χ2n) is 4.97. The highest BCUT2D eigenvalue weighted by molar-refractivity contribution is 6.05. The summed E-state index contributed by atoms with van der Waals surface area (Å²) in [6.07, 6.45) is 3.22. The molecular formula is C17H20O4. The van der Waals surface area contributed by atoms with Crippen molar-refractivity contribution in [3.63, 3.8) is 0 Å². The molecule has 0 aromatic heterocycles. The van der Waals surface area contributed by atoms with E-state index in [0.29, 0.717) is 18.8 Å². The number of fused-ring (bicyclic) bond motifs is 1. The maximum absolute atomic E-state index is 12.3. The summed E-state index contributed by atoms with van der Waals surface area (Å²) >= 11 is 0. The molecule has 4 heteroatoms. The fraction of sp³-hybridized carbons (Fsp3) is 0.412. The van der Waals surface area contributed by atoms with Crippen LogP contribution in [0.2, 0.25) is 0 Å². The molecule has 0 spiro atoms. The predicted octanol–water partition coefficient (Wildman–Crippen LogP) is 3.07. The Kier molecular flexibility index (Phi) is 5.14. The van der Waals surface area contributed by atoms with Crippen molar-refractivity contribution in [1.29, 1.82) is 0 Å². The van der Waals surface area contributed by atoms with E-state index in [2.05, 4.69) is 0 Å². The Bertz CT molecular complexity index is 560. The van der Waals surface area contributed by atoms with E-state index < -0.39 is 11.9 Å². The zero-order chi connectivity index (χ0) is 15.2. The van der Waals surface area contributed by atoms with Crippen LogP contribution in [0, 0.1) is 0 Å². The number of hydrogen-bond donors (Lipinski definition) is 0. The van der Waals surface area contributed by atoms with Crippen LogP contribution in [-0.2, 0) is 19.1 Å². The molecular weight excluding hydrogens is 268 g/mol. The molecule has 0 saturated heterocycles. The zero-order valence-corrected chi connectivity index (χ0v) is 12.4. The van der Waals surface area contributed by atoms with Crippen molar-refractivity contribution in [2.24, 2.45) is 0 Å². The van der Waals surface area contributed by atoms with Crippen LogP contribution in [-0.4, -0.2) is 25.2 Å². The first-order valence-electron chi connectivity index (χ1n) is 7.33. The van der Waals surface area contributed by atoms with Gasteiger partial charge < -0.3 is 9.47 Å². The molecule has 0 heterocycles. The zero-order valence-electron chi connectivity index (χ0n) is 12.4. The molecule has 1 aliphatic rings. The SMILES string of the molecule is CCCOC(=O)C1=Cc2ccccc2C1C(=O)OCCC. The smallest absolute Gasteiger partial charge is 0.335 e. The fourth-order valence-corrected chi connectivity index (χ4v) is 2.32. The third kappa shape index (κ3) is 3.32. The first-order chi connectivity index (χ1) is 10.2. The van der Waals surface area contributed by atoms with E-state index in [4.69, 9.17) is 9.47 Å². The molecule has 0 radical (unpaired) electrons. The summed E-state index contributed by atoms with van der Waals surface area (Å²) in [4.78, 5) is 24.4. The summed E-state index contributed by atoms with van der Waals surface area (Å²) in [5, 5.41) is 0. The van der Waals surface area contributed by atoms with E-state index in [9.17, 15) is 9.59 Å². The Morgan fingerprint density at radius 3 is 2.43 bits per heavy atom. The topological polar surface area (TPSA) is 52.6 Å². The van der Waals surface area contributed by atoms with Crippen LogP contribution in [0.15, 0.2) is 29.8 Å². The normalized spacial score (nSPS) is 16.1. The monoisotopic (exact) mass is 288 g/mol. The van der Waals surface area contributed by atoms with Gasteiger partial charge in [0.05, 0.1) is 18.8 Å². The number of carbonyl (C=O) groups is 2. The summed E-state index contributed by atoms with van der Waals surface area (Å²) in [6.45, 7) is 4.57. The molecule has 1 aliphatic carbocycles. The summed E-state index contributed by atoms with van der Waals surface area (Å²) in [5.41, 5.74) is 2.05. The Morgan fingerprint density at radius 2 is 1.71 bits per heavy atom. The molecule has 1 unspecified atom stereocenters. The minimum Gasteiger partial charge on any atom is -0.465 e. The number of carbonyl (C=O) groups excluding carboxylic acids is 2. The van der Waals surface area contributed by atoms with Crippen LogP contribution in [0.1, 0.15) is 43.7 Å². The lowest BCUT2D eigenvalue weighted by atomic mass is 9.96. The van der Waals surface area contributed by atoms with Gasteiger partial charge in [0, 0.05) is 0 Å². The van der Waals surface area contributed by atoms with E-state index >= 15 is 0 Å². The Morgan fingerprint density at radius 1 is 1.05 bits per heavy atom. The number of hydrogen-bond acceptors (Lipinski definition) is 4. The van der Waals surface area contributed by atoms with Crippen molar-refractivity contribution in [2.75, 3.05) is 13.2 Å². The van der Waals surface area contributed by atoms with Crippen LogP contribution >= 0.6 is 0 Å². The maximum atomic E-state index is 12.3. The first-order valence-corrected chi connectivity index (χ1v) is 7.33. The summed E-state index contributed by atoms with van der Waals surface area (Å²) in [7, 11) is 0. The highest BCUT2D eigenvalue weighted by Crippen LogP contribution is 2.37. The number of esters is 2. The standard InChI is InChI=1S/C17H20O4/c1-3-9-20-16(18)14-11-12-7-5-6-8-13(12)15(14)17(19)21-10-4-2/h5-8,11,15H,3-4,9-10H2,1-2H3. The van der Waals surface area contributed by atoms with Crippen molar-refractivity contribution in [1.82, 2.24) is 0 Å². The number of benzene rings is 1. The molecule has 0 amide bonds. The Balaban J connectivity index is 2.26. The number of ether oxygens (including phenoxy) is 2. The third-order valence-corrected chi connectivity index (χ3v) is 3.29. The Hall–Kier alpha value is -2.10. The van der Waals surface area contributed by atoms with E-state index in [1.807, 2.05) is 38.1 Å². The average Bonchev–Trinajstić information content (AvgIpc) is 2.89. The van der Waals surface area contributed by atoms with Gasteiger partial charge in [0.2, 0.25) is 0 Å². The highest BCUT2D eigenvalue weighted by atomic mass is 16.5. The molecule has 21 heavy (non-hydrogen) atoms. The van der Waals surface area contributed by atoms with Gasteiger partial charge in [-0.2, -0.15) is 0 Å². The van der Waals surface area contributed by atoms with Crippen molar-refractivity contribution in [3.05, 3.63) is 41.0 Å². The van der Waals surface area contributed by atoms with Gasteiger partial charge in [-0.25, -0.2) is 4.79 Å². The summed E-state index contributed by atoms with van der Waals surface area (Å²) in [6, 6.07) is 7.47. The molecule has 1 atom stereocenters. The van der Waals surface area contributed by atoms with Gasteiger partial charge in [0.1, 0.15) is 5.92 Å². The molecule has 112 valence electrons. The molecule has 0 aliphatic heterocycles. The largest absolute Gasteiger partial charge is 0.465 e. The van der Waals surface area contributed by atoms with Crippen molar-refractivity contribution in [2.45, 2.75) is 32.6 Å². The molecule has 0 fully saturated rings. The van der Waals surface area contributed by atoms with Crippen molar-refractivity contribution in [3.8, 4) is 0 Å². The van der Waals surface area contributed by atoms with Gasteiger partial charge in [-0.15, -0.1) is 0 Å². The van der Waals surface area contributed by atoms with Crippen LogP contribution in [0.4, 0.5) is 0 Å². The lowest BCUT2D eigenvalue weighted by molar-refractivity contribution is -0.147. The number of rotatable bonds is 6. The minimum absolute atomic E-state index is 0.350. The van der Waals surface area contributed by atoms with Crippen molar-refractivity contribution >= 4 is 18.0 Å². The van der Waals surface area contributed by atoms with E-state index in [1.165, 1.54) is 0 Å². The molecule has 0 N–H and O–H groups in total. The molecule has 4 nitrogen and oxygen atoms in total. The molecule has 1 aromatic rings. The first kappa shape index (κ1) is 15.3. The van der Waals surface area contributed by atoms with E-state index in [1.54, 1.807) is 6.08 Å². The third-order valence-electron chi connectivity index (χ3n) is 3.29. The van der Waals surface area contributed by atoms with Crippen LogP contribution in [0.3, 0.4) is 0 Å². The van der Waals surface area contributed by atoms with Crippen LogP contribution < -0.4 is 0 Å². The lowest BCUT2D eigenvalue weighted by Crippen LogP contribution is -2.22. The predicted molar refractivity (Wildman–Crippen MR) is 79.7 cm³/mol.